The average Bonchev–Trinajstić information content (AvgIpc) is 3.08. The van der Waals surface area contributed by atoms with Gasteiger partial charge in [0.1, 0.15) is 11.5 Å². The summed E-state index contributed by atoms with van der Waals surface area (Å²) in [4.78, 5) is 49.7. The van der Waals surface area contributed by atoms with Gasteiger partial charge in [0.25, 0.3) is 11.7 Å². The number of carboxylic acid groups (broad SMARTS) is 1. The number of benzene rings is 2. The number of aliphatic hydroxyl groups excluding tert-OH is 1. The highest BCUT2D eigenvalue weighted by atomic mass is 16.5. The number of carbonyl (C=O) groups is 4. The minimum absolute atomic E-state index is 0.000312. The number of ether oxygens (including phenoxy) is 2. The Morgan fingerprint density at radius 1 is 0.939 bits per heavy atom. The van der Waals surface area contributed by atoms with E-state index in [0.29, 0.717) is 16.9 Å². The quantitative estimate of drug-likeness (QED) is 0.270. The van der Waals surface area contributed by atoms with Crippen LogP contribution in [0, 0.1) is 0 Å². The third-order valence-electron chi connectivity index (χ3n) is 5.34. The van der Waals surface area contributed by atoms with E-state index in [0.717, 1.165) is 0 Å². The highest BCUT2D eigenvalue weighted by Crippen LogP contribution is 2.39. The van der Waals surface area contributed by atoms with Crippen LogP contribution < -0.4 is 4.74 Å². The first-order chi connectivity index (χ1) is 15.8. The smallest absolute Gasteiger partial charge is 0.337 e. The normalized spacial score (nSPS) is 17.2. The molecule has 1 amide bonds. The number of aliphatic carboxylic acids is 1. The molecule has 0 spiro atoms. The Hall–Kier alpha value is -4.14. The molecule has 2 N–H and O–H groups in total. The minimum Gasteiger partial charge on any atom is -0.507 e. The summed E-state index contributed by atoms with van der Waals surface area (Å²) < 4.78 is 9.81. The first-order valence-electron chi connectivity index (χ1n) is 10.1. The van der Waals surface area contributed by atoms with Gasteiger partial charge in [0.2, 0.25) is 0 Å². The Bertz CT molecular complexity index is 1100. The van der Waals surface area contributed by atoms with Crippen molar-refractivity contribution in [2.45, 2.75) is 18.9 Å². The number of esters is 1. The van der Waals surface area contributed by atoms with Crippen LogP contribution in [0.4, 0.5) is 0 Å². The maximum Gasteiger partial charge on any atom is 0.337 e. The van der Waals surface area contributed by atoms with Gasteiger partial charge in [-0.05, 0) is 48.4 Å². The first-order valence-corrected chi connectivity index (χ1v) is 10.1. The minimum atomic E-state index is -1.02. The molecule has 3 rings (SSSR count). The van der Waals surface area contributed by atoms with Crippen molar-refractivity contribution < 1.29 is 38.9 Å². The van der Waals surface area contributed by atoms with Crippen molar-refractivity contribution in [2.75, 3.05) is 20.8 Å². The van der Waals surface area contributed by atoms with Crippen molar-refractivity contribution in [3.8, 4) is 5.75 Å². The van der Waals surface area contributed by atoms with E-state index in [9.17, 15) is 24.3 Å². The van der Waals surface area contributed by atoms with Crippen LogP contribution in [-0.4, -0.2) is 59.5 Å². The standard InChI is InChI=1S/C24H23NO8/c1-32-17-11-9-15(10-12-17)21(28)19-20(14-5-7-16(8-6-14)24(31)33-2)25(23(30)22(19)29)13-3-4-18(26)27/h5-12,20,28H,3-4,13H2,1-2H3,(H,26,27). The number of carbonyl (C=O) groups excluding carboxylic acids is 3. The number of aliphatic hydroxyl groups is 1. The lowest BCUT2D eigenvalue weighted by Crippen LogP contribution is -2.31. The Morgan fingerprint density at radius 2 is 1.55 bits per heavy atom. The van der Waals surface area contributed by atoms with Gasteiger partial charge in [-0.15, -0.1) is 0 Å². The molecule has 2 aromatic rings. The summed E-state index contributed by atoms with van der Waals surface area (Å²) in [5.41, 5.74) is 0.952. The van der Waals surface area contributed by atoms with Gasteiger partial charge >= 0.3 is 11.9 Å². The Labute approximate surface area is 189 Å². The van der Waals surface area contributed by atoms with Crippen LogP contribution in [0.2, 0.25) is 0 Å². The summed E-state index contributed by atoms with van der Waals surface area (Å²) in [7, 11) is 2.75. The second kappa shape index (κ2) is 9.99. The summed E-state index contributed by atoms with van der Waals surface area (Å²) in [5, 5.41) is 19.9. The fourth-order valence-electron chi connectivity index (χ4n) is 3.68. The number of rotatable bonds is 8. The van der Waals surface area contributed by atoms with Crippen molar-refractivity contribution in [3.63, 3.8) is 0 Å². The molecule has 1 saturated heterocycles. The van der Waals surface area contributed by atoms with E-state index in [-0.39, 0.29) is 36.3 Å². The van der Waals surface area contributed by atoms with Gasteiger partial charge in [0, 0.05) is 18.5 Å². The fraction of sp³-hybridized carbons (Fsp3) is 0.250. The summed E-state index contributed by atoms with van der Waals surface area (Å²) in [5.74, 6) is -3.09. The van der Waals surface area contributed by atoms with Gasteiger partial charge in [-0.2, -0.15) is 0 Å². The Balaban J connectivity index is 2.08. The van der Waals surface area contributed by atoms with Gasteiger partial charge in [0.05, 0.1) is 31.4 Å². The molecule has 2 aromatic carbocycles. The highest BCUT2D eigenvalue weighted by molar-refractivity contribution is 6.46. The van der Waals surface area contributed by atoms with Gasteiger partial charge in [-0.3, -0.25) is 14.4 Å². The van der Waals surface area contributed by atoms with Crippen molar-refractivity contribution in [2.24, 2.45) is 0 Å². The number of ketones is 1. The van der Waals surface area contributed by atoms with Crippen LogP contribution in [-0.2, 0) is 19.1 Å². The van der Waals surface area contributed by atoms with E-state index in [1.54, 1.807) is 36.4 Å². The van der Waals surface area contributed by atoms with Gasteiger partial charge < -0.3 is 24.6 Å². The zero-order valence-corrected chi connectivity index (χ0v) is 18.1. The monoisotopic (exact) mass is 453 g/mol. The molecule has 0 radical (unpaired) electrons. The zero-order valence-electron chi connectivity index (χ0n) is 18.1. The SMILES string of the molecule is COC(=O)c1ccc(C2C(=C(O)c3ccc(OC)cc3)C(=O)C(=O)N2CCCC(=O)O)cc1. The summed E-state index contributed by atoms with van der Waals surface area (Å²) >= 11 is 0. The van der Waals surface area contributed by atoms with E-state index < -0.39 is 29.7 Å². The van der Waals surface area contributed by atoms with Crippen LogP contribution >= 0.6 is 0 Å². The molecule has 9 nitrogen and oxygen atoms in total. The zero-order chi connectivity index (χ0) is 24.1. The number of nitrogens with zero attached hydrogens (tertiary/aromatic N) is 1. The third-order valence-corrected chi connectivity index (χ3v) is 5.34. The molecule has 1 aliphatic heterocycles. The van der Waals surface area contributed by atoms with Crippen LogP contribution in [0.5, 0.6) is 5.75 Å². The van der Waals surface area contributed by atoms with Gasteiger partial charge in [-0.25, -0.2) is 4.79 Å². The molecule has 1 atom stereocenters. The predicted octanol–water partition coefficient (Wildman–Crippen LogP) is 2.77. The van der Waals surface area contributed by atoms with Crippen molar-refractivity contribution in [3.05, 3.63) is 70.8 Å². The third kappa shape index (κ3) is 4.87. The molecule has 9 heteroatoms. The second-order valence-corrected chi connectivity index (χ2v) is 7.33. The number of likely N-dealkylation sites (tertiary alicyclic amines) is 1. The molecule has 0 bridgehead atoms. The number of amides is 1. The molecule has 0 saturated carbocycles. The van der Waals surface area contributed by atoms with Crippen molar-refractivity contribution >= 4 is 29.4 Å². The second-order valence-electron chi connectivity index (χ2n) is 7.33. The molecule has 1 unspecified atom stereocenters. The molecule has 1 aliphatic rings. The van der Waals surface area contributed by atoms with Crippen LogP contribution in [0.3, 0.4) is 0 Å². The lowest BCUT2D eigenvalue weighted by atomic mass is 9.94. The molecule has 1 fully saturated rings. The van der Waals surface area contributed by atoms with Gasteiger partial charge in [-0.1, -0.05) is 12.1 Å². The predicted molar refractivity (Wildman–Crippen MR) is 117 cm³/mol. The number of hydrogen-bond donors (Lipinski definition) is 2. The average molecular weight is 453 g/mol. The number of methoxy groups -OCH3 is 2. The van der Waals surface area contributed by atoms with E-state index >= 15 is 0 Å². The van der Waals surface area contributed by atoms with Gasteiger partial charge in [0.15, 0.2) is 0 Å². The molecule has 0 aliphatic carbocycles. The highest BCUT2D eigenvalue weighted by Gasteiger charge is 2.45. The van der Waals surface area contributed by atoms with Crippen LogP contribution in [0.1, 0.15) is 40.4 Å². The lowest BCUT2D eigenvalue weighted by Gasteiger charge is -2.25. The summed E-state index contributed by atoms with van der Waals surface area (Å²) in [6.07, 6.45) is -0.0584. The van der Waals surface area contributed by atoms with Crippen molar-refractivity contribution in [1.29, 1.82) is 0 Å². The maximum atomic E-state index is 12.9. The Kier molecular flexibility index (Phi) is 7.12. The van der Waals surface area contributed by atoms with Crippen LogP contribution in [0.15, 0.2) is 54.1 Å². The molecule has 33 heavy (non-hydrogen) atoms. The van der Waals surface area contributed by atoms with Crippen LogP contribution in [0.25, 0.3) is 5.76 Å². The van der Waals surface area contributed by atoms with Crippen molar-refractivity contribution in [1.82, 2.24) is 4.90 Å². The summed E-state index contributed by atoms with van der Waals surface area (Å²) in [6.45, 7) is -0.000312. The number of Topliss-reactive ketones (excluding diaryl/α,β-unsaturated/α-hetero) is 1. The lowest BCUT2D eigenvalue weighted by molar-refractivity contribution is -0.140. The maximum absolute atomic E-state index is 12.9. The van der Waals surface area contributed by atoms with E-state index in [1.807, 2.05) is 0 Å². The molecular formula is C24H23NO8. The topological polar surface area (TPSA) is 130 Å². The molecular weight excluding hydrogens is 430 g/mol. The summed E-state index contributed by atoms with van der Waals surface area (Å²) in [6, 6.07) is 11.5. The molecule has 172 valence electrons. The first kappa shape index (κ1) is 23.5. The molecule has 1 heterocycles. The van der Waals surface area contributed by atoms with E-state index in [4.69, 9.17) is 14.6 Å². The largest absolute Gasteiger partial charge is 0.507 e. The van der Waals surface area contributed by atoms with E-state index in [1.165, 1.54) is 31.3 Å². The fourth-order valence-corrected chi connectivity index (χ4v) is 3.68. The Morgan fingerprint density at radius 3 is 2.09 bits per heavy atom. The number of carboxylic acids is 1. The van der Waals surface area contributed by atoms with E-state index in [2.05, 4.69) is 0 Å². The number of hydrogen-bond acceptors (Lipinski definition) is 7. The molecule has 0 aromatic heterocycles.